The molecular weight excluding hydrogens is 310 g/mol. The molecule has 0 saturated heterocycles. The second-order valence-electron chi connectivity index (χ2n) is 7.30. The number of nitrogens with one attached hydrogen (secondary N) is 1. The van der Waals surface area contributed by atoms with Crippen LogP contribution < -0.4 is 9.74 Å². The lowest BCUT2D eigenvalue weighted by atomic mass is 10.1. The Morgan fingerprint density at radius 2 is 1.74 bits per heavy atom. The molecule has 0 radical (unpaired) electrons. The van der Waals surface area contributed by atoms with Gasteiger partial charge in [0.2, 0.25) is 14.2 Å². The fraction of sp³-hybridized carbons (Fsp3) is 0.529. The zero-order valence-electron chi connectivity index (χ0n) is 14.8. The van der Waals surface area contributed by atoms with Gasteiger partial charge in [-0.15, -0.1) is 0 Å². The van der Waals surface area contributed by atoms with E-state index in [1.807, 2.05) is 24.3 Å². The van der Waals surface area contributed by atoms with Crippen LogP contribution in [0.3, 0.4) is 0 Å². The smallest absolute Gasteiger partial charge is 0.326 e. The Morgan fingerprint density at radius 3 is 2.13 bits per heavy atom. The lowest BCUT2D eigenvalue weighted by Gasteiger charge is -2.36. The van der Waals surface area contributed by atoms with Crippen molar-refractivity contribution < 1.29 is 19.1 Å². The SMILES string of the molecule is CC(=O)N[C@H](Cc1ccc(O[Si](C)(C)C(C)(C)C)cc1)C(=O)O. The molecule has 1 atom stereocenters. The highest BCUT2D eigenvalue weighted by molar-refractivity contribution is 6.74. The van der Waals surface area contributed by atoms with Gasteiger partial charge in [-0.1, -0.05) is 32.9 Å². The molecule has 5 nitrogen and oxygen atoms in total. The van der Waals surface area contributed by atoms with E-state index in [9.17, 15) is 9.59 Å². The summed E-state index contributed by atoms with van der Waals surface area (Å²) in [5, 5.41) is 11.7. The van der Waals surface area contributed by atoms with Gasteiger partial charge in [0.25, 0.3) is 0 Å². The first-order valence-electron chi connectivity index (χ1n) is 7.70. The van der Waals surface area contributed by atoms with E-state index in [0.29, 0.717) is 0 Å². The standard InChI is InChI=1S/C17H27NO4Si/c1-12(19)18-15(16(20)21)11-13-7-9-14(10-8-13)22-23(5,6)17(2,3)4/h7-10,15H,11H2,1-6H3,(H,18,19)(H,20,21)/t15-/m1/s1. The highest BCUT2D eigenvalue weighted by Gasteiger charge is 2.38. The minimum atomic E-state index is -1.89. The van der Waals surface area contributed by atoms with Gasteiger partial charge in [-0.05, 0) is 35.8 Å². The summed E-state index contributed by atoms with van der Waals surface area (Å²) in [6, 6.07) is 6.51. The van der Waals surface area contributed by atoms with E-state index in [0.717, 1.165) is 11.3 Å². The van der Waals surface area contributed by atoms with Gasteiger partial charge in [0, 0.05) is 13.3 Å². The summed E-state index contributed by atoms with van der Waals surface area (Å²) in [5.74, 6) is -0.594. The Morgan fingerprint density at radius 1 is 1.22 bits per heavy atom. The quantitative estimate of drug-likeness (QED) is 0.782. The number of carboxylic acid groups (broad SMARTS) is 1. The van der Waals surface area contributed by atoms with Gasteiger partial charge >= 0.3 is 5.97 Å². The van der Waals surface area contributed by atoms with Crippen molar-refractivity contribution in [3.63, 3.8) is 0 Å². The van der Waals surface area contributed by atoms with E-state index in [4.69, 9.17) is 9.53 Å². The molecule has 2 N–H and O–H groups in total. The lowest BCUT2D eigenvalue weighted by Crippen LogP contribution is -2.43. The van der Waals surface area contributed by atoms with E-state index in [1.54, 1.807) is 0 Å². The van der Waals surface area contributed by atoms with Gasteiger partial charge in [0.1, 0.15) is 11.8 Å². The number of amides is 1. The van der Waals surface area contributed by atoms with Crippen LogP contribution in [0.1, 0.15) is 33.3 Å². The summed E-state index contributed by atoms with van der Waals surface area (Å²) in [6.45, 7) is 12.2. The van der Waals surface area contributed by atoms with Crippen LogP contribution in [0.5, 0.6) is 5.75 Å². The normalized spacial score (nSPS) is 13.3. The number of benzene rings is 1. The monoisotopic (exact) mass is 337 g/mol. The van der Waals surface area contributed by atoms with Crippen LogP contribution in [0.15, 0.2) is 24.3 Å². The summed E-state index contributed by atoms with van der Waals surface area (Å²) in [6.07, 6.45) is 0.245. The fourth-order valence-electron chi connectivity index (χ4n) is 1.82. The molecule has 6 heteroatoms. The van der Waals surface area contributed by atoms with Gasteiger partial charge in [-0.25, -0.2) is 4.79 Å². The number of carboxylic acids is 1. The predicted octanol–water partition coefficient (Wildman–Crippen LogP) is 3.20. The Labute approximate surface area is 139 Å². The summed E-state index contributed by atoms with van der Waals surface area (Å²) >= 11 is 0. The number of carbonyl (C=O) groups is 2. The van der Waals surface area contributed by atoms with Crippen molar-refractivity contribution in [3.05, 3.63) is 29.8 Å². The zero-order chi connectivity index (χ0) is 17.8. The van der Waals surface area contributed by atoms with Crippen LogP contribution in [-0.4, -0.2) is 31.3 Å². The third-order valence-corrected chi connectivity index (χ3v) is 8.58. The van der Waals surface area contributed by atoms with Gasteiger partial charge in [0.15, 0.2) is 0 Å². The molecule has 0 spiro atoms. The van der Waals surface area contributed by atoms with Crippen LogP contribution in [0.2, 0.25) is 18.1 Å². The van der Waals surface area contributed by atoms with E-state index >= 15 is 0 Å². The topological polar surface area (TPSA) is 75.6 Å². The number of rotatable bonds is 6. The van der Waals surface area contributed by atoms with Crippen molar-refractivity contribution in [2.45, 2.75) is 58.3 Å². The first kappa shape index (κ1) is 19.2. The Hall–Kier alpha value is -1.82. The molecule has 0 aliphatic rings. The molecule has 1 aromatic rings. The summed E-state index contributed by atoms with van der Waals surface area (Å²) in [4.78, 5) is 22.2. The highest BCUT2D eigenvalue weighted by atomic mass is 28.4. The maximum atomic E-state index is 11.2. The molecule has 128 valence electrons. The van der Waals surface area contributed by atoms with E-state index < -0.39 is 20.3 Å². The van der Waals surface area contributed by atoms with Gasteiger partial charge in [-0.3, -0.25) is 4.79 Å². The Balaban J connectivity index is 2.80. The van der Waals surface area contributed by atoms with Gasteiger partial charge in [0.05, 0.1) is 0 Å². The molecule has 0 aromatic heterocycles. The second-order valence-corrected chi connectivity index (χ2v) is 12.0. The highest BCUT2D eigenvalue weighted by Crippen LogP contribution is 2.37. The van der Waals surface area contributed by atoms with Crippen molar-refractivity contribution in [3.8, 4) is 5.75 Å². The van der Waals surface area contributed by atoms with Gasteiger partial charge in [-0.2, -0.15) is 0 Å². The van der Waals surface area contributed by atoms with Crippen LogP contribution in [0.25, 0.3) is 0 Å². The van der Waals surface area contributed by atoms with Crippen molar-refractivity contribution in [1.82, 2.24) is 5.32 Å². The molecule has 0 unspecified atom stereocenters. The van der Waals surface area contributed by atoms with Crippen molar-refractivity contribution in [2.75, 3.05) is 0 Å². The Bertz CT molecular complexity index is 561. The molecule has 0 aliphatic carbocycles. The van der Waals surface area contributed by atoms with Crippen molar-refractivity contribution in [2.24, 2.45) is 0 Å². The third kappa shape index (κ3) is 5.71. The molecule has 0 fully saturated rings. The minimum absolute atomic E-state index is 0.117. The van der Waals surface area contributed by atoms with Gasteiger partial charge < -0.3 is 14.8 Å². The molecule has 1 aromatic carbocycles. The molecule has 0 bridgehead atoms. The number of aliphatic carboxylic acids is 1. The van der Waals surface area contributed by atoms with E-state index in [-0.39, 0.29) is 17.4 Å². The molecule has 23 heavy (non-hydrogen) atoms. The number of hydrogen-bond acceptors (Lipinski definition) is 3. The Kier molecular flexibility index (Phi) is 5.99. The molecule has 1 amide bonds. The average molecular weight is 337 g/mol. The van der Waals surface area contributed by atoms with Crippen LogP contribution in [0, 0.1) is 0 Å². The fourth-order valence-corrected chi connectivity index (χ4v) is 2.85. The predicted molar refractivity (Wildman–Crippen MR) is 93.2 cm³/mol. The van der Waals surface area contributed by atoms with E-state index in [2.05, 4.69) is 39.2 Å². The first-order chi connectivity index (χ1) is 10.4. The molecule has 0 aliphatic heterocycles. The first-order valence-corrected chi connectivity index (χ1v) is 10.6. The number of carbonyl (C=O) groups excluding carboxylic acids is 1. The molecular formula is C17H27NO4Si. The molecule has 0 saturated carbocycles. The zero-order valence-corrected chi connectivity index (χ0v) is 15.8. The van der Waals surface area contributed by atoms with E-state index in [1.165, 1.54) is 6.92 Å². The third-order valence-electron chi connectivity index (χ3n) is 4.22. The van der Waals surface area contributed by atoms with Crippen LogP contribution in [0.4, 0.5) is 0 Å². The van der Waals surface area contributed by atoms with Crippen LogP contribution in [-0.2, 0) is 16.0 Å². The van der Waals surface area contributed by atoms with Crippen molar-refractivity contribution in [1.29, 1.82) is 0 Å². The molecule has 1 rings (SSSR count). The number of hydrogen-bond donors (Lipinski definition) is 2. The average Bonchev–Trinajstić information content (AvgIpc) is 2.37. The summed E-state index contributed by atoms with van der Waals surface area (Å²) < 4.78 is 6.19. The second kappa shape index (κ2) is 7.17. The largest absolute Gasteiger partial charge is 0.544 e. The van der Waals surface area contributed by atoms with Crippen LogP contribution >= 0.6 is 0 Å². The maximum Gasteiger partial charge on any atom is 0.326 e. The molecule has 0 heterocycles. The minimum Gasteiger partial charge on any atom is -0.544 e. The lowest BCUT2D eigenvalue weighted by molar-refractivity contribution is -0.141. The summed E-state index contributed by atoms with van der Waals surface area (Å²) in [7, 11) is -1.89. The maximum absolute atomic E-state index is 11.2. The van der Waals surface area contributed by atoms with Crippen molar-refractivity contribution >= 4 is 20.2 Å². The summed E-state index contributed by atoms with van der Waals surface area (Å²) in [5.41, 5.74) is 0.841.